The molecule has 1 aromatic carbocycles. The van der Waals surface area contributed by atoms with Crippen molar-refractivity contribution >= 4 is 29.1 Å². The molecule has 0 atom stereocenters. The van der Waals surface area contributed by atoms with Gasteiger partial charge in [-0.1, -0.05) is 17.7 Å². The number of hydrogen-bond acceptors (Lipinski definition) is 7. The van der Waals surface area contributed by atoms with E-state index in [2.05, 4.69) is 30.7 Å². The number of amides is 1. The van der Waals surface area contributed by atoms with Crippen LogP contribution in [0.1, 0.15) is 35.8 Å². The summed E-state index contributed by atoms with van der Waals surface area (Å²) < 4.78 is 7.32. The lowest BCUT2D eigenvalue weighted by Crippen LogP contribution is -2.22. The predicted octanol–water partition coefficient (Wildman–Crippen LogP) is 4.65. The highest BCUT2D eigenvalue weighted by atomic mass is 35.5. The number of carbonyl (C=O) groups excluding carboxylic acids is 1. The van der Waals surface area contributed by atoms with Crippen molar-refractivity contribution < 1.29 is 9.53 Å². The maximum atomic E-state index is 12.6. The highest BCUT2D eigenvalue weighted by molar-refractivity contribution is 6.32. The number of hydrogen-bond donors (Lipinski definition) is 2. The van der Waals surface area contributed by atoms with E-state index in [1.165, 1.54) is 13.3 Å². The third kappa shape index (κ3) is 5.32. The summed E-state index contributed by atoms with van der Waals surface area (Å²) in [5, 5.41) is 10.9. The molecule has 0 radical (unpaired) electrons. The number of halogens is 1. The molecule has 3 heterocycles. The second-order valence-corrected chi connectivity index (χ2v) is 8.16. The molecule has 9 nitrogen and oxygen atoms in total. The number of nitrogens with zero attached hydrogens (tertiary/aromatic N) is 5. The average molecular weight is 478 g/mol. The lowest BCUT2D eigenvalue weighted by molar-refractivity contribution is 0.0950. The first kappa shape index (κ1) is 23.2. The molecule has 0 aliphatic rings. The molecule has 1 amide bonds. The van der Waals surface area contributed by atoms with Crippen LogP contribution in [0, 0.1) is 0 Å². The van der Waals surface area contributed by atoms with Gasteiger partial charge in [-0.25, -0.2) is 9.97 Å². The number of ether oxygens (including phenoxy) is 1. The van der Waals surface area contributed by atoms with Gasteiger partial charge in [-0.3, -0.25) is 14.5 Å². The minimum atomic E-state index is -0.223. The molecule has 0 spiro atoms. The summed E-state index contributed by atoms with van der Waals surface area (Å²) in [7, 11) is 1.53. The molecule has 0 fully saturated rings. The molecule has 4 aromatic rings. The SMILES string of the molecule is COc1cc(C(=O)NCc2cccnc2)ccc1Nc1ncc(Cl)c(-c2ccn(C(C)C)n2)n1. The standard InChI is InChI=1S/C24H24ClN7O2/c1-15(2)32-10-8-20(31-32)22-18(25)14-28-24(30-22)29-19-7-6-17(11-21(19)34-3)23(33)27-13-16-5-4-9-26-12-16/h4-12,14-15H,13H2,1-3H3,(H,27,33)(H,28,29,30). The Hall–Kier alpha value is -3.98. The highest BCUT2D eigenvalue weighted by Gasteiger charge is 2.15. The van der Waals surface area contributed by atoms with Gasteiger partial charge in [0, 0.05) is 36.7 Å². The number of pyridine rings is 1. The first-order valence-electron chi connectivity index (χ1n) is 10.6. The van der Waals surface area contributed by atoms with Crippen LogP contribution in [0.15, 0.2) is 61.2 Å². The fraction of sp³-hybridized carbons (Fsp3) is 0.208. The van der Waals surface area contributed by atoms with E-state index >= 15 is 0 Å². The maximum Gasteiger partial charge on any atom is 0.251 e. The third-order valence-electron chi connectivity index (χ3n) is 5.01. The Balaban J connectivity index is 1.51. The molecular weight excluding hydrogens is 454 g/mol. The van der Waals surface area contributed by atoms with Crippen LogP contribution in [-0.2, 0) is 6.54 Å². The largest absolute Gasteiger partial charge is 0.495 e. The molecule has 4 rings (SSSR count). The number of carbonyl (C=O) groups is 1. The van der Waals surface area contributed by atoms with Crippen molar-refractivity contribution in [2.24, 2.45) is 0 Å². The zero-order chi connectivity index (χ0) is 24.1. The van der Waals surface area contributed by atoms with Crippen molar-refractivity contribution in [3.8, 4) is 17.1 Å². The second-order valence-electron chi connectivity index (χ2n) is 7.75. The van der Waals surface area contributed by atoms with Crippen LogP contribution in [0.4, 0.5) is 11.6 Å². The molecule has 2 N–H and O–H groups in total. The van der Waals surface area contributed by atoms with Crippen molar-refractivity contribution in [2.45, 2.75) is 26.4 Å². The van der Waals surface area contributed by atoms with Crippen molar-refractivity contribution in [3.63, 3.8) is 0 Å². The number of anilines is 2. The van der Waals surface area contributed by atoms with Gasteiger partial charge in [-0.05, 0) is 49.7 Å². The molecule has 0 unspecified atom stereocenters. The van der Waals surface area contributed by atoms with Crippen LogP contribution in [0.2, 0.25) is 5.02 Å². The van der Waals surface area contributed by atoms with Crippen LogP contribution in [0.3, 0.4) is 0 Å². The Morgan fingerprint density at radius 1 is 1.21 bits per heavy atom. The van der Waals surface area contributed by atoms with E-state index < -0.39 is 0 Å². The molecule has 0 bridgehead atoms. The summed E-state index contributed by atoms with van der Waals surface area (Å²) in [4.78, 5) is 25.4. The Labute approximate surface area is 202 Å². The van der Waals surface area contributed by atoms with Gasteiger partial charge in [-0.15, -0.1) is 0 Å². The number of rotatable bonds is 8. The average Bonchev–Trinajstić information content (AvgIpc) is 3.35. The zero-order valence-corrected chi connectivity index (χ0v) is 19.7. The highest BCUT2D eigenvalue weighted by Crippen LogP contribution is 2.30. The molecule has 34 heavy (non-hydrogen) atoms. The molecule has 10 heteroatoms. The molecule has 0 aliphatic heterocycles. The van der Waals surface area contributed by atoms with Crippen LogP contribution < -0.4 is 15.4 Å². The van der Waals surface area contributed by atoms with E-state index in [0.717, 1.165) is 5.56 Å². The molecule has 0 aliphatic carbocycles. The smallest absolute Gasteiger partial charge is 0.251 e. The second kappa shape index (κ2) is 10.3. The lowest BCUT2D eigenvalue weighted by atomic mass is 10.1. The van der Waals surface area contributed by atoms with Gasteiger partial charge in [0.15, 0.2) is 0 Å². The first-order chi connectivity index (χ1) is 16.4. The summed E-state index contributed by atoms with van der Waals surface area (Å²) in [6.45, 7) is 4.46. The van der Waals surface area contributed by atoms with E-state index in [-0.39, 0.29) is 11.9 Å². The van der Waals surface area contributed by atoms with Gasteiger partial charge >= 0.3 is 0 Å². The van der Waals surface area contributed by atoms with Gasteiger partial charge in [0.25, 0.3) is 5.91 Å². The van der Waals surface area contributed by atoms with Gasteiger partial charge in [-0.2, -0.15) is 5.10 Å². The van der Waals surface area contributed by atoms with Crippen LogP contribution in [0.25, 0.3) is 11.4 Å². The van der Waals surface area contributed by atoms with E-state index in [4.69, 9.17) is 16.3 Å². The van der Waals surface area contributed by atoms with E-state index in [1.54, 1.807) is 30.6 Å². The van der Waals surface area contributed by atoms with Crippen molar-refractivity contribution in [1.29, 1.82) is 0 Å². The summed E-state index contributed by atoms with van der Waals surface area (Å²) >= 11 is 6.34. The number of nitrogens with one attached hydrogen (secondary N) is 2. The number of aromatic nitrogens is 5. The Kier molecular flexibility index (Phi) is 7.03. The lowest BCUT2D eigenvalue weighted by Gasteiger charge is -2.13. The quantitative estimate of drug-likeness (QED) is 0.380. The van der Waals surface area contributed by atoms with Crippen molar-refractivity contribution in [3.05, 3.63) is 77.3 Å². The summed E-state index contributed by atoms with van der Waals surface area (Å²) in [5.74, 6) is 0.572. The summed E-state index contributed by atoms with van der Waals surface area (Å²) in [6.07, 6.45) is 6.80. The minimum absolute atomic E-state index is 0.219. The Bertz CT molecular complexity index is 1290. The van der Waals surface area contributed by atoms with Gasteiger partial charge in [0.05, 0.1) is 24.0 Å². The normalized spacial score (nSPS) is 10.9. The van der Waals surface area contributed by atoms with E-state index in [0.29, 0.717) is 45.9 Å². The van der Waals surface area contributed by atoms with Crippen LogP contribution in [0.5, 0.6) is 5.75 Å². The fourth-order valence-electron chi connectivity index (χ4n) is 3.20. The third-order valence-corrected chi connectivity index (χ3v) is 5.29. The topological polar surface area (TPSA) is 107 Å². The molecule has 0 saturated carbocycles. The van der Waals surface area contributed by atoms with Gasteiger partial charge in [0.2, 0.25) is 5.95 Å². The van der Waals surface area contributed by atoms with Gasteiger partial charge < -0.3 is 15.4 Å². The Morgan fingerprint density at radius 2 is 2.06 bits per heavy atom. The first-order valence-corrected chi connectivity index (χ1v) is 11.0. The van der Waals surface area contributed by atoms with E-state index in [1.807, 2.05) is 42.9 Å². The van der Waals surface area contributed by atoms with Gasteiger partial charge in [0.1, 0.15) is 17.1 Å². The van der Waals surface area contributed by atoms with Crippen LogP contribution >= 0.6 is 11.6 Å². The molecule has 174 valence electrons. The molecule has 3 aromatic heterocycles. The number of methoxy groups -OCH3 is 1. The van der Waals surface area contributed by atoms with E-state index in [9.17, 15) is 4.79 Å². The fourth-order valence-corrected chi connectivity index (χ4v) is 3.39. The monoisotopic (exact) mass is 477 g/mol. The minimum Gasteiger partial charge on any atom is -0.495 e. The number of benzene rings is 1. The molecular formula is C24H24ClN7O2. The zero-order valence-electron chi connectivity index (χ0n) is 19.0. The Morgan fingerprint density at radius 3 is 2.76 bits per heavy atom. The predicted molar refractivity (Wildman–Crippen MR) is 130 cm³/mol. The van der Waals surface area contributed by atoms with Crippen LogP contribution in [-0.4, -0.2) is 37.7 Å². The molecule has 0 saturated heterocycles. The summed E-state index contributed by atoms with van der Waals surface area (Å²) in [5.41, 5.74) is 3.14. The maximum absolute atomic E-state index is 12.6. The van der Waals surface area contributed by atoms with Crippen molar-refractivity contribution in [2.75, 3.05) is 12.4 Å². The van der Waals surface area contributed by atoms with Crippen molar-refractivity contribution in [1.82, 2.24) is 30.0 Å². The summed E-state index contributed by atoms with van der Waals surface area (Å²) in [6, 6.07) is 10.9.